The Hall–Kier alpha value is -2.93. The van der Waals surface area contributed by atoms with Crippen LogP contribution in [0.4, 0.5) is 5.82 Å². The number of carbonyl (C=O) groups excluding carboxylic acids is 1. The number of amides is 1. The Morgan fingerprint density at radius 1 is 1.08 bits per heavy atom. The Labute approximate surface area is 155 Å². The van der Waals surface area contributed by atoms with E-state index >= 15 is 0 Å². The molecule has 1 aliphatic heterocycles. The molecule has 1 fully saturated rings. The SMILES string of the molecule is O=C(c1cnccn1)N1CCN(c2cc(-c3ccc(Cl)cc3)[nH]n2)CC1. The summed E-state index contributed by atoms with van der Waals surface area (Å²) in [6, 6.07) is 9.64. The van der Waals surface area contributed by atoms with Gasteiger partial charge in [-0.05, 0) is 17.7 Å². The zero-order chi connectivity index (χ0) is 17.9. The number of nitrogens with zero attached hydrogens (tertiary/aromatic N) is 5. The van der Waals surface area contributed by atoms with Gasteiger partial charge >= 0.3 is 0 Å². The van der Waals surface area contributed by atoms with Gasteiger partial charge in [0.05, 0.1) is 11.9 Å². The van der Waals surface area contributed by atoms with Gasteiger partial charge in [0.25, 0.3) is 5.91 Å². The summed E-state index contributed by atoms with van der Waals surface area (Å²) in [4.78, 5) is 24.4. The zero-order valence-electron chi connectivity index (χ0n) is 14.0. The Bertz CT molecular complexity index is 888. The van der Waals surface area contributed by atoms with E-state index in [2.05, 4.69) is 25.1 Å². The number of piperazine rings is 1. The molecule has 3 aromatic rings. The minimum absolute atomic E-state index is 0.0818. The number of hydrogen-bond acceptors (Lipinski definition) is 5. The molecule has 1 aromatic carbocycles. The van der Waals surface area contributed by atoms with Crippen LogP contribution < -0.4 is 4.90 Å². The minimum Gasteiger partial charge on any atom is -0.352 e. The number of H-pyrrole nitrogens is 1. The summed E-state index contributed by atoms with van der Waals surface area (Å²) in [6.07, 6.45) is 4.59. The van der Waals surface area contributed by atoms with Crippen molar-refractivity contribution in [2.24, 2.45) is 0 Å². The van der Waals surface area contributed by atoms with Crippen LogP contribution in [0.15, 0.2) is 48.9 Å². The summed E-state index contributed by atoms with van der Waals surface area (Å²) in [5.74, 6) is 0.795. The maximum Gasteiger partial charge on any atom is 0.274 e. The smallest absolute Gasteiger partial charge is 0.274 e. The van der Waals surface area contributed by atoms with Crippen molar-refractivity contribution in [1.82, 2.24) is 25.1 Å². The third-order valence-electron chi connectivity index (χ3n) is 4.39. The van der Waals surface area contributed by atoms with Crippen molar-refractivity contribution < 1.29 is 4.79 Å². The fourth-order valence-corrected chi connectivity index (χ4v) is 3.09. The highest BCUT2D eigenvalue weighted by Crippen LogP contribution is 2.24. The van der Waals surface area contributed by atoms with Crippen LogP contribution in [0.3, 0.4) is 0 Å². The number of halogens is 1. The summed E-state index contributed by atoms with van der Waals surface area (Å²) in [6.45, 7) is 2.69. The lowest BCUT2D eigenvalue weighted by Gasteiger charge is -2.34. The Balaban J connectivity index is 1.41. The second-order valence-electron chi connectivity index (χ2n) is 6.02. The van der Waals surface area contributed by atoms with Gasteiger partial charge in [-0.3, -0.25) is 14.9 Å². The Kier molecular flexibility index (Phi) is 4.53. The van der Waals surface area contributed by atoms with Crippen molar-refractivity contribution in [1.29, 1.82) is 0 Å². The van der Waals surface area contributed by atoms with E-state index in [1.807, 2.05) is 30.3 Å². The fourth-order valence-electron chi connectivity index (χ4n) is 2.96. The van der Waals surface area contributed by atoms with Crippen LogP contribution in [0.2, 0.25) is 5.02 Å². The highest BCUT2D eigenvalue weighted by Gasteiger charge is 2.24. The van der Waals surface area contributed by atoms with Crippen molar-refractivity contribution >= 4 is 23.3 Å². The van der Waals surface area contributed by atoms with E-state index in [0.717, 1.165) is 30.2 Å². The van der Waals surface area contributed by atoms with Crippen molar-refractivity contribution in [3.05, 3.63) is 59.6 Å². The monoisotopic (exact) mass is 368 g/mol. The molecule has 3 heterocycles. The third kappa shape index (κ3) is 3.39. The molecule has 0 spiro atoms. The lowest BCUT2D eigenvalue weighted by atomic mass is 10.1. The summed E-state index contributed by atoms with van der Waals surface area (Å²) in [5, 5.41) is 8.18. The molecule has 4 rings (SSSR count). The summed E-state index contributed by atoms with van der Waals surface area (Å²) in [5.41, 5.74) is 2.35. The molecule has 1 saturated heterocycles. The summed E-state index contributed by atoms with van der Waals surface area (Å²) >= 11 is 5.93. The van der Waals surface area contributed by atoms with Crippen LogP contribution in [0.1, 0.15) is 10.5 Å². The largest absolute Gasteiger partial charge is 0.352 e. The van der Waals surface area contributed by atoms with Crippen LogP contribution in [-0.2, 0) is 0 Å². The molecule has 0 bridgehead atoms. The maximum atomic E-state index is 12.4. The molecule has 0 atom stereocenters. The maximum absolute atomic E-state index is 12.4. The first-order chi connectivity index (χ1) is 12.7. The molecule has 0 aliphatic carbocycles. The second kappa shape index (κ2) is 7.13. The molecule has 26 heavy (non-hydrogen) atoms. The van der Waals surface area contributed by atoms with E-state index in [9.17, 15) is 4.79 Å². The first-order valence-corrected chi connectivity index (χ1v) is 8.70. The van der Waals surface area contributed by atoms with Gasteiger partial charge < -0.3 is 9.80 Å². The van der Waals surface area contributed by atoms with Gasteiger partial charge in [-0.2, -0.15) is 5.10 Å². The highest BCUT2D eigenvalue weighted by molar-refractivity contribution is 6.30. The van der Waals surface area contributed by atoms with E-state index in [1.54, 1.807) is 11.1 Å². The number of hydrogen-bond donors (Lipinski definition) is 1. The van der Waals surface area contributed by atoms with Crippen LogP contribution in [0.25, 0.3) is 11.3 Å². The number of aromatic amines is 1. The summed E-state index contributed by atoms with van der Waals surface area (Å²) < 4.78 is 0. The molecule has 0 unspecified atom stereocenters. The number of benzene rings is 1. The van der Waals surface area contributed by atoms with Gasteiger partial charge in [-0.25, -0.2) is 4.98 Å². The van der Waals surface area contributed by atoms with E-state index in [4.69, 9.17) is 11.6 Å². The minimum atomic E-state index is -0.0818. The molecule has 132 valence electrons. The average Bonchev–Trinajstić information content (AvgIpc) is 3.19. The van der Waals surface area contributed by atoms with E-state index in [-0.39, 0.29) is 5.91 Å². The van der Waals surface area contributed by atoms with Crippen molar-refractivity contribution in [3.63, 3.8) is 0 Å². The van der Waals surface area contributed by atoms with Gasteiger partial charge in [-0.1, -0.05) is 23.7 Å². The highest BCUT2D eigenvalue weighted by atomic mass is 35.5. The van der Waals surface area contributed by atoms with Crippen LogP contribution in [0.5, 0.6) is 0 Å². The van der Waals surface area contributed by atoms with Gasteiger partial charge in [0.2, 0.25) is 0 Å². The molecule has 1 N–H and O–H groups in total. The first kappa shape index (κ1) is 16.5. The van der Waals surface area contributed by atoms with Crippen molar-refractivity contribution in [2.75, 3.05) is 31.1 Å². The van der Waals surface area contributed by atoms with Gasteiger partial charge in [0.15, 0.2) is 5.82 Å². The lowest BCUT2D eigenvalue weighted by molar-refractivity contribution is 0.0740. The molecule has 2 aromatic heterocycles. The molecule has 1 aliphatic rings. The number of rotatable bonds is 3. The van der Waals surface area contributed by atoms with Gasteiger partial charge in [-0.15, -0.1) is 0 Å². The van der Waals surface area contributed by atoms with Crippen LogP contribution in [0, 0.1) is 0 Å². The predicted molar refractivity (Wildman–Crippen MR) is 99.2 cm³/mol. The second-order valence-corrected chi connectivity index (χ2v) is 6.45. The molecular weight excluding hydrogens is 352 g/mol. The first-order valence-electron chi connectivity index (χ1n) is 8.32. The van der Waals surface area contributed by atoms with Crippen LogP contribution >= 0.6 is 11.6 Å². The Morgan fingerprint density at radius 2 is 1.85 bits per heavy atom. The summed E-state index contributed by atoms with van der Waals surface area (Å²) in [7, 11) is 0. The fraction of sp³-hybridized carbons (Fsp3) is 0.222. The van der Waals surface area contributed by atoms with Gasteiger partial charge in [0, 0.05) is 49.7 Å². The molecule has 8 heteroatoms. The number of anilines is 1. The normalized spacial score (nSPS) is 14.5. The van der Waals surface area contributed by atoms with E-state index in [0.29, 0.717) is 23.8 Å². The molecule has 0 radical (unpaired) electrons. The molecular formula is C18H17ClN6O. The van der Waals surface area contributed by atoms with E-state index in [1.165, 1.54) is 12.4 Å². The molecule has 7 nitrogen and oxygen atoms in total. The predicted octanol–water partition coefficient (Wildman–Crippen LogP) is 2.48. The number of nitrogens with one attached hydrogen (secondary N) is 1. The van der Waals surface area contributed by atoms with E-state index < -0.39 is 0 Å². The molecule has 1 amide bonds. The average molecular weight is 369 g/mol. The third-order valence-corrected chi connectivity index (χ3v) is 4.64. The molecule has 0 saturated carbocycles. The standard InChI is InChI=1S/C18H17ClN6O/c19-14-3-1-13(2-4-14)15-11-17(23-22-15)24-7-9-25(10-8-24)18(26)16-12-20-5-6-21-16/h1-6,11-12H,7-10H2,(H,22,23). The van der Waals surface area contributed by atoms with Crippen molar-refractivity contribution in [3.8, 4) is 11.3 Å². The lowest BCUT2D eigenvalue weighted by Crippen LogP contribution is -2.49. The number of carbonyl (C=O) groups is 1. The van der Waals surface area contributed by atoms with Crippen LogP contribution in [-0.4, -0.2) is 57.2 Å². The topological polar surface area (TPSA) is 78.0 Å². The number of aromatic nitrogens is 4. The van der Waals surface area contributed by atoms with Crippen molar-refractivity contribution in [2.45, 2.75) is 0 Å². The van der Waals surface area contributed by atoms with Gasteiger partial charge in [0.1, 0.15) is 5.69 Å². The Morgan fingerprint density at radius 3 is 2.54 bits per heavy atom. The quantitative estimate of drug-likeness (QED) is 0.768. The zero-order valence-corrected chi connectivity index (χ0v) is 14.7.